The standard InChI is InChI=1S/C25H46O7/c1-3-4-5-6-7-8-9-10-11-12-13-14-15-16-17-18-21(27)32-24-23(29)22(28)20(19-26)31-25(24)30-2/h10-11,20,22-26,28-29H,3-9,12-19H2,1-2H3/b11-10-/t20-,22-,23+,24-,25?/m1/s1. The van der Waals surface area contributed by atoms with E-state index in [1.165, 1.54) is 58.5 Å². The summed E-state index contributed by atoms with van der Waals surface area (Å²) in [6, 6.07) is 0. The first-order valence-electron chi connectivity index (χ1n) is 12.5. The van der Waals surface area contributed by atoms with Crippen molar-refractivity contribution in [2.45, 2.75) is 128 Å². The van der Waals surface area contributed by atoms with Gasteiger partial charge in [-0.15, -0.1) is 0 Å². The summed E-state index contributed by atoms with van der Waals surface area (Å²) in [5, 5.41) is 29.4. The summed E-state index contributed by atoms with van der Waals surface area (Å²) in [5.74, 6) is -0.452. The number of carbonyl (C=O) groups is 1. The van der Waals surface area contributed by atoms with Crippen LogP contribution in [-0.4, -0.2) is 65.7 Å². The third-order valence-corrected chi connectivity index (χ3v) is 5.97. The SMILES string of the molecule is CCCCCCCC/C=C\CCCCCCCC(=O)O[C@H]1C(OC)O[C@H](CO)[C@@H](O)[C@@H]1O. The Morgan fingerprint density at radius 3 is 2.00 bits per heavy atom. The molecule has 7 nitrogen and oxygen atoms in total. The highest BCUT2D eigenvalue weighted by Crippen LogP contribution is 2.24. The van der Waals surface area contributed by atoms with E-state index in [1.807, 2.05) is 0 Å². The molecule has 1 aliphatic rings. The zero-order valence-electron chi connectivity index (χ0n) is 20.1. The molecule has 1 aliphatic heterocycles. The Morgan fingerprint density at radius 1 is 0.875 bits per heavy atom. The first-order chi connectivity index (χ1) is 15.5. The second kappa shape index (κ2) is 18.4. The van der Waals surface area contributed by atoms with Gasteiger partial charge in [-0.1, -0.05) is 70.4 Å². The maximum atomic E-state index is 12.1. The highest BCUT2D eigenvalue weighted by atomic mass is 16.7. The number of ether oxygens (including phenoxy) is 3. The van der Waals surface area contributed by atoms with Crippen LogP contribution in [0.4, 0.5) is 0 Å². The molecule has 1 heterocycles. The van der Waals surface area contributed by atoms with Crippen molar-refractivity contribution in [2.24, 2.45) is 0 Å². The largest absolute Gasteiger partial charge is 0.454 e. The Morgan fingerprint density at radius 2 is 1.44 bits per heavy atom. The number of rotatable bonds is 18. The van der Waals surface area contributed by atoms with Crippen LogP contribution in [0.1, 0.15) is 96.8 Å². The van der Waals surface area contributed by atoms with Gasteiger partial charge in [-0.05, 0) is 32.1 Å². The third-order valence-electron chi connectivity index (χ3n) is 5.97. The number of methoxy groups -OCH3 is 1. The molecular formula is C25H46O7. The molecule has 1 saturated heterocycles. The van der Waals surface area contributed by atoms with E-state index >= 15 is 0 Å². The van der Waals surface area contributed by atoms with Crippen molar-refractivity contribution < 1.29 is 34.3 Å². The van der Waals surface area contributed by atoms with E-state index in [4.69, 9.17) is 14.2 Å². The number of aliphatic hydroxyl groups excluding tert-OH is 3. The molecule has 7 heteroatoms. The smallest absolute Gasteiger partial charge is 0.306 e. The minimum absolute atomic E-state index is 0.247. The predicted molar refractivity (Wildman–Crippen MR) is 124 cm³/mol. The van der Waals surface area contributed by atoms with Crippen molar-refractivity contribution in [1.82, 2.24) is 0 Å². The predicted octanol–water partition coefficient (Wildman–Crippen LogP) is 4.02. The number of esters is 1. The Hall–Kier alpha value is -0.990. The number of allylic oxidation sites excluding steroid dienone is 2. The number of carbonyl (C=O) groups excluding carboxylic acids is 1. The van der Waals surface area contributed by atoms with Gasteiger partial charge in [-0.25, -0.2) is 0 Å². The molecule has 1 rings (SSSR count). The Kier molecular flexibility index (Phi) is 16.7. The fraction of sp³-hybridized carbons (Fsp3) is 0.880. The molecule has 0 aromatic rings. The van der Waals surface area contributed by atoms with Crippen molar-refractivity contribution in [3.8, 4) is 0 Å². The van der Waals surface area contributed by atoms with Gasteiger partial charge in [-0.2, -0.15) is 0 Å². The Labute approximate surface area is 194 Å². The van der Waals surface area contributed by atoms with E-state index in [9.17, 15) is 20.1 Å². The van der Waals surface area contributed by atoms with Crippen LogP contribution in [0.5, 0.6) is 0 Å². The van der Waals surface area contributed by atoms with E-state index < -0.39 is 43.3 Å². The number of aliphatic hydroxyl groups is 3. The maximum absolute atomic E-state index is 12.1. The van der Waals surface area contributed by atoms with Crippen molar-refractivity contribution >= 4 is 5.97 Å². The molecule has 0 aliphatic carbocycles. The van der Waals surface area contributed by atoms with Crippen LogP contribution < -0.4 is 0 Å². The fourth-order valence-electron chi connectivity index (χ4n) is 3.92. The van der Waals surface area contributed by atoms with Gasteiger partial charge in [0.05, 0.1) is 6.61 Å². The van der Waals surface area contributed by atoms with Crippen molar-refractivity contribution in [3.05, 3.63) is 12.2 Å². The average molecular weight is 459 g/mol. The van der Waals surface area contributed by atoms with Gasteiger partial charge >= 0.3 is 5.97 Å². The molecule has 1 unspecified atom stereocenters. The molecular weight excluding hydrogens is 412 g/mol. The lowest BCUT2D eigenvalue weighted by molar-refractivity contribution is -0.298. The van der Waals surface area contributed by atoms with Crippen LogP contribution in [0.25, 0.3) is 0 Å². The highest BCUT2D eigenvalue weighted by molar-refractivity contribution is 5.69. The topological polar surface area (TPSA) is 105 Å². The zero-order valence-corrected chi connectivity index (χ0v) is 20.1. The molecule has 0 radical (unpaired) electrons. The van der Waals surface area contributed by atoms with E-state index in [0.717, 1.165) is 32.1 Å². The van der Waals surface area contributed by atoms with E-state index in [1.54, 1.807) is 0 Å². The lowest BCUT2D eigenvalue weighted by Crippen LogP contribution is -2.60. The fourth-order valence-corrected chi connectivity index (χ4v) is 3.92. The average Bonchev–Trinajstić information content (AvgIpc) is 2.79. The maximum Gasteiger partial charge on any atom is 0.306 e. The van der Waals surface area contributed by atoms with Gasteiger partial charge in [0.2, 0.25) is 0 Å². The van der Waals surface area contributed by atoms with Gasteiger partial charge in [0, 0.05) is 13.5 Å². The van der Waals surface area contributed by atoms with Crippen LogP contribution in [0.15, 0.2) is 12.2 Å². The molecule has 0 aromatic heterocycles. The quantitative estimate of drug-likeness (QED) is 0.162. The highest BCUT2D eigenvalue weighted by Gasteiger charge is 2.46. The van der Waals surface area contributed by atoms with E-state index in [2.05, 4.69) is 19.1 Å². The van der Waals surface area contributed by atoms with Crippen LogP contribution in [-0.2, 0) is 19.0 Å². The van der Waals surface area contributed by atoms with E-state index in [-0.39, 0.29) is 6.42 Å². The van der Waals surface area contributed by atoms with Gasteiger partial charge in [-0.3, -0.25) is 4.79 Å². The summed E-state index contributed by atoms with van der Waals surface area (Å²) in [7, 11) is 1.36. The summed E-state index contributed by atoms with van der Waals surface area (Å²) in [4.78, 5) is 12.1. The lowest BCUT2D eigenvalue weighted by Gasteiger charge is -2.40. The van der Waals surface area contributed by atoms with Crippen molar-refractivity contribution in [3.63, 3.8) is 0 Å². The summed E-state index contributed by atoms with van der Waals surface area (Å²) in [6.45, 7) is 1.78. The molecule has 188 valence electrons. The van der Waals surface area contributed by atoms with Crippen molar-refractivity contribution in [2.75, 3.05) is 13.7 Å². The van der Waals surface area contributed by atoms with Crippen LogP contribution >= 0.6 is 0 Å². The van der Waals surface area contributed by atoms with Crippen molar-refractivity contribution in [1.29, 1.82) is 0 Å². The zero-order chi connectivity index (χ0) is 23.6. The Bertz CT molecular complexity index is 495. The lowest BCUT2D eigenvalue weighted by atomic mass is 9.99. The molecule has 3 N–H and O–H groups in total. The second-order valence-corrected chi connectivity index (χ2v) is 8.73. The normalized spacial score (nSPS) is 26.0. The first kappa shape index (κ1) is 29.0. The summed E-state index contributed by atoms with van der Waals surface area (Å²) >= 11 is 0. The minimum atomic E-state index is -1.37. The third kappa shape index (κ3) is 11.8. The van der Waals surface area contributed by atoms with E-state index in [0.29, 0.717) is 0 Å². The van der Waals surface area contributed by atoms with Gasteiger partial charge in [0.25, 0.3) is 0 Å². The molecule has 0 saturated carbocycles. The molecule has 0 aromatic carbocycles. The number of hydrogen-bond acceptors (Lipinski definition) is 7. The Balaban J connectivity index is 2.05. The van der Waals surface area contributed by atoms with Crippen LogP contribution in [0.3, 0.4) is 0 Å². The molecule has 0 bridgehead atoms. The molecule has 0 spiro atoms. The van der Waals surface area contributed by atoms with Gasteiger partial charge in [0.1, 0.15) is 18.3 Å². The second-order valence-electron chi connectivity index (χ2n) is 8.73. The summed E-state index contributed by atoms with van der Waals surface area (Å²) in [6.07, 6.45) is 14.4. The first-order valence-corrected chi connectivity index (χ1v) is 12.5. The molecule has 1 fully saturated rings. The summed E-state index contributed by atoms with van der Waals surface area (Å²) in [5.41, 5.74) is 0. The summed E-state index contributed by atoms with van der Waals surface area (Å²) < 4.78 is 15.7. The number of unbranched alkanes of at least 4 members (excludes halogenated alkanes) is 11. The molecule has 0 amide bonds. The van der Waals surface area contributed by atoms with Crippen LogP contribution in [0, 0.1) is 0 Å². The van der Waals surface area contributed by atoms with Gasteiger partial charge in [0.15, 0.2) is 12.4 Å². The van der Waals surface area contributed by atoms with Crippen LogP contribution in [0.2, 0.25) is 0 Å². The monoisotopic (exact) mass is 458 g/mol. The molecule has 32 heavy (non-hydrogen) atoms. The number of hydrogen-bond donors (Lipinski definition) is 3. The minimum Gasteiger partial charge on any atom is -0.454 e. The van der Waals surface area contributed by atoms with Gasteiger partial charge < -0.3 is 29.5 Å². The molecule has 5 atom stereocenters.